The lowest BCUT2D eigenvalue weighted by molar-refractivity contribution is -0.138. The Labute approximate surface area is 104 Å². The van der Waals surface area contributed by atoms with Crippen LogP contribution in [0.5, 0.6) is 0 Å². The predicted molar refractivity (Wildman–Crippen MR) is 66.8 cm³/mol. The van der Waals surface area contributed by atoms with Crippen molar-refractivity contribution < 1.29 is 9.53 Å². The number of likely N-dealkylation sites (tertiary alicyclic amines) is 1. The van der Waals surface area contributed by atoms with Crippen molar-refractivity contribution in [1.29, 1.82) is 0 Å². The fourth-order valence-corrected chi connectivity index (χ4v) is 2.85. The maximum absolute atomic E-state index is 12.4. The van der Waals surface area contributed by atoms with Crippen LogP contribution in [0.1, 0.15) is 32.6 Å². The van der Waals surface area contributed by atoms with Gasteiger partial charge in [-0.05, 0) is 39.2 Å². The third-order valence-corrected chi connectivity index (χ3v) is 3.82. The van der Waals surface area contributed by atoms with Crippen LogP contribution in [0.2, 0.25) is 0 Å². The summed E-state index contributed by atoms with van der Waals surface area (Å²) in [6, 6.07) is 0.323. The van der Waals surface area contributed by atoms with Gasteiger partial charge in [0.25, 0.3) is 0 Å². The minimum Gasteiger partial charge on any atom is -0.380 e. The van der Waals surface area contributed by atoms with Crippen LogP contribution in [0.4, 0.5) is 0 Å². The van der Waals surface area contributed by atoms with E-state index in [-0.39, 0.29) is 5.92 Å². The molecule has 1 N–H and O–H groups in total. The van der Waals surface area contributed by atoms with Crippen LogP contribution in [0.3, 0.4) is 0 Å². The van der Waals surface area contributed by atoms with Crippen LogP contribution in [0.15, 0.2) is 0 Å². The van der Waals surface area contributed by atoms with Gasteiger partial charge in [-0.2, -0.15) is 0 Å². The maximum atomic E-state index is 12.4. The van der Waals surface area contributed by atoms with E-state index < -0.39 is 0 Å². The number of carbonyl (C=O) groups excluding carboxylic acids is 1. The molecule has 4 heteroatoms. The summed E-state index contributed by atoms with van der Waals surface area (Å²) in [6.07, 6.45) is 4.40. The number of nitrogens with one attached hydrogen (secondary N) is 1. The summed E-state index contributed by atoms with van der Waals surface area (Å²) in [5.74, 6) is 0.547. The molecule has 0 aromatic heterocycles. The number of rotatable bonds is 4. The molecule has 0 spiro atoms. The zero-order valence-electron chi connectivity index (χ0n) is 10.8. The molecule has 2 aliphatic rings. The van der Waals surface area contributed by atoms with Gasteiger partial charge >= 0.3 is 0 Å². The third-order valence-electron chi connectivity index (χ3n) is 3.82. The highest BCUT2D eigenvalue weighted by atomic mass is 16.5. The molecule has 0 aromatic carbocycles. The topological polar surface area (TPSA) is 41.6 Å². The Kier molecular flexibility index (Phi) is 4.80. The summed E-state index contributed by atoms with van der Waals surface area (Å²) in [5, 5.41) is 3.32. The minimum absolute atomic E-state index is 0.200. The van der Waals surface area contributed by atoms with E-state index in [0.717, 1.165) is 51.9 Å². The summed E-state index contributed by atoms with van der Waals surface area (Å²) in [6.45, 7) is 6.30. The van der Waals surface area contributed by atoms with E-state index in [2.05, 4.69) is 10.2 Å². The SMILES string of the molecule is CCOC[C@H]1CCCN1C(=O)[C@@H]1CCCNC1. The highest BCUT2D eigenvalue weighted by Gasteiger charge is 2.33. The summed E-state index contributed by atoms with van der Waals surface area (Å²) in [7, 11) is 0. The van der Waals surface area contributed by atoms with Crippen molar-refractivity contribution in [3.8, 4) is 0 Å². The van der Waals surface area contributed by atoms with E-state index in [9.17, 15) is 4.79 Å². The molecule has 2 rings (SSSR count). The van der Waals surface area contributed by atoms with Crippen LogP contribution in [0, 0.1) is 5.92 Å². The molecule has 2 atom stereocenters. The van der Waals surface area contributed by atoms with E-state index in [4.69, 9.17) is 4.74 Å². The molecule has 0 radical (unpaired) electrons. The van der Waals surface area contributed by atoms with Gasteiger partial charge in [-0.3, -0.25) is 4.79 Å². The lowest BCUT2D eigenvalue weighted by Crippen LogP contribution is -2.46. The fourth-order valence-electron chi connectivity index (χ4n) is 2.85. The molecule has 4 nitrogen and oxygen atoms in total. The number of piperidine rings is 1. The second kappa shape index (κ2) is 6.36. The first-order valence-electron chi connectivity index (χ1n) is 6.92. The first kappa shape index (κ1) is 12.8. The Morgan fingerprint density at radius 2 is 2.29 bits per heavy atom. The van der Waals surface area contributed by atoms with Gasteiger partial charge in [-0.15, -0.1) is 0 Å². The molecule has 1 amide bonds. The second-order valence-corrected chi connectivity index (χ2v) is 5.03. The molecule has 17 heavy (non-hydrogen) atoms. The number of carbonyl (C=O) groups is 1. The Bertz CT molecular complexity index is 252. The molecule has 98 valence electrons. The molecule has 0 bridgehead atoms. The molecule has 2 aliphatic heterocycles. The van der Waals surface area contributed by atoms with Gasteiger partial charge < -0.3 is 15.0 Å². The summed E-state index contributed by atoms with van der Waals surface area (Å²) >= 11 is 0. The van der Waals surface area contributed by atoms with Crippen molar-refractivity contribution in [2.45, 2.75) is 38.6 Å². The van der Waals surface area contributed by atoms with E-state index >= 15 is 0 Å². The van der Waals surface area contributed by atoms with E-state index in [1.54, 1.807) is 0 Å². The van der Waals surface area contributed by atoms with Gasteiger partial charge in [0.2, 0.25) is 5.91 Å². The Hall–Kier alpha value is -0.610. The minimum atomic E-state index is 0.200. The average Bonchev–Trinajstić information content (AvgIpc) is 2.84. The lowest BCUT2D eigenvalue weighted by atomic mass is 9.98. The molecular formula is C13H24N2O2. The van der Waals surface area contributed by atoms with Crippen molar-refractivity contribution in [2.24, 2.45) is 5.92 Å². The molecule has 2 saturated heterocycles. The van der Waals surface area contributed by atoms with Gasteiger partial charge in [0.05, 0.1) is 18.6 Å². The Morgan fingerprint density at radius 3 is 3.00 bits per heavy atom. The Balaban J connectivity index is 1.88. The first-order chi connectivity index (χ1) is 8.33. The maximum Gasteiger partial charge on any atom is 0.227 e. The zero-order valence-corrected chi connectivity index (χ0v) is 10.8. The van der Waals surface area contributed by atoms with Crippen LogP contribution in [-0.4, -0.2) is 49.7 Å². The van der Waals surface area contributed by atoms with Crippen molar-refractivity contribution in [3.63, 3.8) is 0 Å². The lowest BCUT2D eigenvalue weighted by Gasteiger charge is -2.30. The summed E-state index contributed by atoms with van der Waals surface area (Å²) in [4.78, 5) is 14.5. The van der Waals surface area contributed by atoms with E-state index in [1.807, 2.05) is 6.92 Å². The number of nitrogens with zero attached hydrogens (tertiary/aromatic N) is 1. The number of hydrogen-bond donors (Lipinski definition) is 1. The summed E-state index contributed by atoms with van der Waals surface area (Å²) < 4.78 is 5.48. The molecule has 0 saturated carbocycles. The first-order valence-corrected chi connectivity index (χ1v) is 6.92. The highest BCUT2D eigenvalue weighted by Crippen LogP contribution is 2.22. The highest BCUT2D eigenvalue weighted by molar-refractivity contribution is 5.79. The second-order valence-electron chi connectivity index (χ2n) is 5.03. The van der Waals surface area contributed by atoms with Crippen molar-refractivity contribution in [2.75, 3.05) is 32.8 Å². The van der Waals surface area contributed by atoms with E-state index in [0.29, 0.717) is 18.6 Å². The van der Waals surface area contributed by atoms with Crippen molar-refractivity contribution in [3.05, 3.63) is 0 Å². The molecule has 2 fully saturated rings. The molecule has 0 unspecified atom stereocenters. The predicted octanol–water partition coefficient (Wildman–Crippen LogP) is 1.01. The standard InChI is InChI=1S/C13H24N2O2/c1-2-17-10-12-6-4-8-15(12)13(16)11-5-3-7-14-9-11/h11-12,14H,2-10H2,1H3/t11-,12-/m1/s1. The molecule has 0 aromatic rings. The van der Waals surface area contributed by atoms with Crippen LogP contribution < -0.4 is 5.32 Å². The third kappa shape index (κ3) is 3.19. The molecule has 2 heterocycles. The molecular weight excluding hydrogens is 216 g/mol. The normalized spacial score (nSPS) is 29.6. The largest absolute Gasteiger partial charge is 0.380 e. The van der Waals surface area contributed by atoms with Crippen LogP contribution in [0.25, 0.3) is 0 Å². The summed E-state index contributed by atoms with van der Waals surface area (Å²) in [5.41, 5.74) is 0. The quantitative estimate of drug-likeness (QED) is 0.797. The average molecular weight is 240 g/mol. The monoisotopic (exact) mass is 240 g/mol. The Morgan fingerprint density at radius 1 is 1.41 bits per heavy atom. The smallest absolute Gasteiger partial charge is 0.227 e. The van der Waals surface area contributed by atoms with Gasteiger partial charge in [0, 0.05) is 19.7 Å². The van der Waals surface area contributed by atoms with Crippen LogP contribution in [-0.2, 0) is 9.53 Å². The van der Waals surface area contributed by atoms with Gasteiger partial charge in [-0.1, -0.05) is 0 Å². The van der Waals surface area contributed by atoms with E-state index in [1.165, 1.54) is 0 Å². The zero-order chi connectivity index (χ0) is 12.1. The fraction of sp³-hybridized carbons (Fsp3) is 0.923. The van der Waals surface area contributed by atoms with Gasteiger partial charge in [0.1, 0.15) is 0 Å². The number of ether oxygens (including phenoxy) is 1. The van der Waals surface area contributed by atoms with Gasteiger partial charge in [0.15, 0.2) is 0 Å². The molecule has 0 aliphatic carbocycles. The van der Waals surface area contributed by atoms with Crippen molar-refractivity contribution in [1.82, 2.24) is 10.2 Å². The number of hydrogen-bond acceptors (Lipinski definition) is 3. The van der Waals surface area contributed by atoms with Gasteiger partial charge in [-0.25, -0.2) is 0 Å². The van der Waals surface area contributed by atoms with Crippen molar-refractivity contribution >= 4 is 5.91 Å². The number of amides is 1. The van der Waals surface area contributed by atoms with Crippen LogP contribution >= 0.6 is 0 Å².